The molecule has 0 heterocycles. The maximum atomic E-state index is 12.5. The van der Waals surface area contributed by atoms with E-state index >= 15 is 0 Å². The lowest BCUT2D eigenvalue weighted by atomic mass is 10.0. The lowest BCUT2D eigenvalue weighted by Gasteiger charge is -2.20. The summed E-state index contributed by atoms with van der Waals surface area (Å²) in [5, 5.41) is 23.3. The van der Waals surface area contributed by atoms with Crippen LogP contribution in [0.25, 0.3) is 0 Å². The first kappa shape index (κ1) is 85.6. The van der Waals surface area contributed by atoms with Crippen molar-refractivity contribution < 1.29 is 24.5 Å². The lowest BCUT2D eigenvalue weighted by molar-refractivity contribution is -0.143. The van der Waals surface area contributed by atoms with Gasteiger partial charge >= 0.3 is 5.97 Å². The number of carbonyl (C=O) groups excluding carboxylic acids is 2. The van der Waals surface area contributed by atoms with Crippen molar-refractivity contribution in [3.05, 3.63) is 12.2 Å². The number of esters is 1. The van der Waals surface area contributed by atoms with E-state index in [4.69, 9.17) is 4.74 Å². The Morgan fingerprint density at radius 3 is 0.782 bits per heavy atom. The van der Waals surface area contributed by atoms with Crippen LogP contribution < -0.4 is 5.32 Å². The minimum Gasteiger partial charge on any atom is -0.466 e. The van der Waals surface area contributed by atoms with Crippen molar-refractivity contribution in [3.8, 4) is 0 Å². The molecule has 0 aliphatic heterocycles. The van der Waals surface area contributed by atoms with E-state index in [1.807, 2.05) is 6.08 Å². The number of amides is 1. The standard InChI is InChI=1S/C81H159NO5/c1-3-5-7-9-11-13-15-17-19-20-40-43-46-49-53-57-61-65-69-73-79(84)78(77-83)82-80(85)74-70-66-62-58-54-50-47-44-41-38-36-34-32-30-28-26-24-22-21-23-25-27-29-31-33-35-37-39-42-45-48-52-56-60-64-68-72-76-87-81(86)75-71-67-63-59-55-51-18-16-14-12-10-8-6-4-2/h69,73,78-79,83-84H,3-68,70-72,74-77H2,1-2H3,(H,82,85)/b73-69+. The van der Waals surface area contributed by atoms with Crippen LogP contribution in [0.3, 0.4) is 0 Å². The van der Waals surface area contributed by atoms with Gasteiger partial charge in [-0.05, 0) is 32.1 Å². The summed E-state index contributed by atoms with van der Waals surface area (Å²) in [6.07, 6.45) is 97.8. The number of carbonyl (C=O) groups is 2. The molecular formula is C81H159NO5. The van der Waals surface area contributed by atoms with Crippen molar-refractivity contribution >= 4 is 11.9 Å². The van der Waals surface area contributed by atoms with Crippen molar-refractivity contribution in [3.63, 3.8) is 0 Å². The highest BCUT2D eigenvalue weighted by atomic mass is 16.5. The molecule has 0 aromatic heterocycles. The number of hydrogen-bond acceptors (Lipinski definition) is 5. The Bertz CT molecular complexity index is 1320. The molecule has 2 atom stereocenters. The zero-order valence-electron chi connectivity index (χ0n) is 59.5. The van der Waals surface area contributed by atoms with Crippen LogP contribution in [-0.4, -0.2) is 47.4 Å². The molecule has 0 aromatic rings. The van der Waals surface area contributed by atoms with Crippen LogP contribution in [0.4, 0.5) is 0 Å². The fraction of sp³-hybridized carbons (Fsp3) is 0.951. The second-order valence-corrected chi connectivity index (χ2v) is 28.1. The minimum absolute atomic E-state index is 0.0266. The Labute approximate surface area is 546 Å². The Morgan fingerprint density at radius 1 is 0.310 bits per heavy atom. The molecule has 0 rings (SSSR count). The molecule has 0 radical (unpaired) electrons. The zero-order chi connectivity index (χ0) is 62.8. The summed E-state index contributed by atoms with van der Waals surface area (Å²) in [5.41, 5.74) is 0. The van der Waals surface area contributed by atoms with E-state index in [1.165, 1.54) is 405 Å². The van der Waals surface area contributed by atoms with Crippen LogP contribution in [-0.2, 0) is 14.3 Å². The second kappa shape index (κ2) is 77.1. The summed E-state index contributed by atoms with van der Waals surface area (Å²) in [7, 11) is 0. The van der Waals surface area contributed by atoms with Gasteiger partial charge in [0.2, 0.25) is 5.91 Å². The molecule has 0 aliphatic carbocycles. The molecule has 0 fully saturated rings. The number of nitrogens with one attached hydrogen (secondary N) is 1. The maximum absolute atomic E-state index is 12.5. The SMILES string of the molecule is CCCCCCCCCCCCCCCCCCC/C=C/C(O)C(CO)NC(=O)CCCCCCCCCCCCCCCCCCCCCCCCCCCCCCCCCCCCCCCOC(=O)CCCCCCCCCCCCCCCC. The molecule has 3 N–H and O–H groups in total. The third-order valence-corrected chi connectivity index (χ3v) is 19.3. The van der Waals surface area contributed by atoms with Crippen molar-refractivity contribution in [2.75, 3.05) is 13.2 Å². The number of aliphatic hydroxyl groups excluding tert-OH is 2. The normalized spacial score (nSPS) is 12.5. The lowest BCUT2D eigenvalue weighted by Crippen LogP contribution is -2.45. The molecule has 518 valence electrons. The van der Waals surface area contributed by atoms with E-state index < -0.39 is 12.1 Å². The van der Waals surface area contributed by atoms with Gasteiger partial charge in [-0.2, -0.15) is 0 Å². The summed E-state index contributed by atoms with van der Waals surface area (Å²) < 4.78 is 5.50. The number of ether oxygens (including phenoxy) is 1. The molecule has 0 saturated heterocycles. The van der Waals surface area contributed by atoms with E-state index in [-0.39, 0.29) is 18.5 Å². The Hall–Kier alpha value is -1.40. The predicted octanol–water partition coefficient (Wildman–Crippen LogP) is 26.7. The minimum atomic E-state index is -0.840. The van der Waals surface area contributed by atoms with E-state index in [0.717, 1.165) is 38.5 Å². The topological polar surface area (TPSA) is 95.9 Å². The predicted molar refractivity (Wildman–Crippen MR) is 384 cm³/mol. The molecule has 0 aliphatic rings. The Kier molecular flexibility index (Phi) is 75.8. The van der Waals surface area contributed by atoms with Crippen molar-refractivity contribution in [2.45, 2.75) is 482 Å². The average Bonchev–Trinajstić information content (AvgIpc) is 3.53. The average molecular weight is 1230 g/mol. The zero-order valence-corrected chi connectivity index (χ0v) is 59.5. The number of rotatable bonds is 77. The van der Waals surface area contributed by atoms with Crippen LogP contribution in [0.5, 0.6) is 0 Å². The van der Waals surface area contributed by atoms with E-state index in [9.17, 15) is 19.8 Å². The molecule has 0 spiro atoms. The molecule has 1 amide bonds. The highest BCUT2D eigenvalue weighted by molar-refractivity contribution is 5.76. The largest absolute Gasteiger partial charge is 0.466 e. The van der Waals surface area contributed by atoms with E-state index in [0.29, 0.717) is 19.4 Å². The Balaban J connectivity index is 3.31. The first-order valence-electron chi connectivity index (χ1n) is 40.5. The molecule has 2 unspecified atom stereocenters. The number of aliphatic hydroxyl groups is 2. The highest BCUT2D eigenvalue weighted by Gasteiger charge is 2.18. The molecule has 6 heteroatoms. The van der Waals surface area contributed by atoms with Gasteiger partial charge in [0.05, 0.1) is 25.4 Å². The van der Waals surface area contributed by atoms with Gasteiger partial charge in [-0.3, -0.25) is 9.59 Å². The number of unbranched alkanes of at least 4 members (excludes halogenated alkanes) is 66. The van der Waals surface area contributed by atoms with Gasteiger partial charge in [0.1, 0.15) is 0 Å². The number of hydrogen-bond donors (Lipinski definition) is 3. The quantitative estimate of drug-likeness (QED) is 0.0320. The van der Waals surface area contributed by atoms with Crippen molar-refractivity contribution in [1.29, 1.82) is 0 Å². The molecule has 87 heavy (non-hydrogen) atoms. The smallest absolute Gasteiger partial charge is 0.305 e. The summed E-state index contributed by atoms with van der Waals surface area (Å²) in [6.45, 7) is 4.96. The monoisotopic (exact) mass is 1230 g/mol. The van der Waals surface area contributed by atoms with Crippen LogP contribution in [0.15, 0.2) is 12.2 Å². The van der Waals surface area contributed by atoms with Gasteiger partial charge in [-0.1, -0.05) is 437 Å². The van der Waals surface area contributed by atoms with Crippen LogP contribution in [0.1, 0.15) is 470 Å². The van der Waals surface area contributed by atoms with Gasteiger partial charge in [-0.25, -0.2) is 0 Å². The third kappa shape index (κ3) is 73.5. The second-order valence-electron chi connectivity index (χ2n) is 28.1. The summed E-state index contributed by atoms with van der Waals surface area (Å²) in [4.78, 5) is 24.6. The van der Waals surface area contributed by atoms with E-state index in [1.54, 1.807) is 6.08 Å². The van der Waals surface area contributed by atoms with E-state index in [2.05, 4.69) is 19.2 Å². The first-order chi connectivity index (χ1) is 43.0. The van der Waals surface area contributed by atoms with Gasteiger partial charge in [0.15, 0.2) is 0 Å². The van der Waals surface area contributed by atoms with Crippen molar-refractivity contribution in [1.82, 2.24) is 5.32 Å². The molecule has 0 saturated carbocycles. The highest BCUT2D eigenvalue weighted by Crippen LogP contribution is 2.20. The summed E-state index contributed by atoms with van der Waals surface area (Å²) in [6, 6.07) is -0.623. The molecule has 0 bridgehead atoms. The van der Waals surface area contributed by atoms with Gasteiger partial charge < -0.3 is 20.3 Å². The van der Waals surface area contributed by atoms with Crippen molar-refractivity contribution in [2.24, 2.45) is 0 Å². The third-order valence-electron chi connectivity index (χ3n) is 19.3. The molecule has 6 nitrogen and oxygen atoms in total. The summed E-state index contributed by atoms with van der Waals surface area (Å²) >= 11 is 0. The fourth-order valence-corrected chi connectivity index (χ4v) is 13.2. The first-order valence-corrected chi connectivity index (χ1v) is 40.5. The van der Waals surface area contributed by atoms with Gasteiger partial charge in [0, 0.05) is 12.8 Å². The fourth-order valence-electron chi connectivity index (χ4n) is 13.2. The van der Waals surface area contributed by atoms with Gasteiger partial charge in [-0.15, -0.1) is 0 Å². The molecule has 0 aromatic carbocycles. The molecular weight excluding hydrogens is 1070 g/mol. The maximum Gasteiger partial charge on any atom is 0.305 e. The van der Waals surface area contributed by atoms with Crippen LogP contribution >= 0.6 is 0 Å². The summed E-state index contributed by atoms with van der Waals surface area (Å²) in [5.74, 6) is -0.0308. The van der Waals surface area contributed by atoms with Crippen LogP contribution in [0.2, 0.25) is 0 Å². The van der Waals surface area contributed by atoms with Crippen LogP contribution in [0, 0.1) is 0 Å². The number of allylic oxidation sites excluding steroid dienone is 1. The van der Waals surface area contributed by atoms with Gasteiger partial charge in [0.25, 0.3) is 0 Å². The Morgan fingerprint density at radius 2 is 0.529 bits per heavy atom.